The van der Waals surface area contributed by atoms with Crippen molar-refractivity contribution in [2.45, 2.75) is 0 Å². The quantitative estimate of drug-likeness (QED) is 0.337. The molecule has 0 aromatic rings. The van der Waals surface area contributed by atoms with Crippen molar-refractivity contribution in [3.8, 4) is 0 Å². The highest BCUT2D eigenvalue weighted by molar-refractivity contribution is 6.81. The first-order chi connectivity index (χ1) is 5.74. The Morgan fingerprint density at radius 2 is 1.33 bits per heavy atom. The van der Waals surface area contributed by atoms with Crippen LogP contribution >= 0.6 is 0 Å². The molecule has 0 N–H and O–H groups in total. The Morgan fingerprint density at radius 1 is 1.00 bits per heavy atom. The second-order valence-corrected chi connectivity index (χ2v) is 3.95. The highest BCUT2D eigenvalue weighted by Crippen LogP contribution is 2.06. The summed E-state index contributed by atoms with van der Waals surface area (Å²) in [4.78, 5) is 29.5. The maximum absolute atomic E-state index is 9.84. The maximum Gasteiger partial charge on any atom is 0.493 e. The highest BCUT2D eigenvalue weighted by Gasteiger charge is 2.31. The number of carbonyl (C=O) groups excluding carboxylic acids is 3. The Kier molecular flexibility index (Phi) is 4.08. The summed E-state index contributed by atoms with van der Waals surface area (Å²) in [6.07, 6.45) is 3.45. The molecule has 0 amide bonds. The molecule has 0 atom stereocenters. The molecule has 0 aromatic heterocycles. The summed E-state index contributed by atoms with van der Waals surface area (Å²) < 4.78 is 9.33. The molecule has 0 spiro atoms. The van der Waals surface area contributed by atoms with Crippen molar-refractivity contribution in [1.29, 1.82) is 0 Å². The van der Waals surface area contributed by atoms with Gasteiger partial charge in [0.25, 0.3) is 0 Å². The van der Waals surface area contributed by atoms with Gasteiger partial charge in [-0.25, -0.2) is 14.4 Å². The van der Waals surface area contributed by atoms with Crippen LogP contribution in [0.3, 0.4) is 0 Å². The van der Waals surface area contributed by atoms with E-state index in [-0.39, 0.29) is 0 Å². The molecule has 0 rings (SSSR count). The van der Waals surface area contributed by atoms with Gasteiger partial charge in [0.2, 0.25) is 18.2 Å². The number of rotatable bonds is 4. The van der Waals surface area contributed by atoms with Crippen molar-refractivity contribution >= 4 is 26.8 Å². The Labute approximate surface area is 68.3 Å². The van der Waals surface area contributed by atoms with E-state index in [0.29, 0.717) is 0 Å². The predicted molar refractivity (Wildman–Crippen MR) is 40.3 cm³/mol. The van der Waals surface area contributed by atoms with Gasteiger partial charge < -0.3 is 0 Å². The lowest BCUT2D eigenvalue weighted by Crippen LogP contribution is -2.24. The molecular weight excluding hydrogens is 178 g/mol. The maximum atomic E-state index is 9.84. The molecule has 0 heterocycles. The van der Waals surface area contributed by atoms with Gasteiger partial charge in [-0.1, -0.05) is 0 Å². The van der Waals surface area contributed by atoms with Crippen molar-refractivity contribution in [2.24, 2.45) is 14.0 Å². The van der Waals surface area contributed by atoms with Gasteiger partial charge in [0, 0.05) is 0 Å². The summed E-state index contributed by atoms with van der Waals surface area (Å²) in [5.74, 6) is 0. The number of hydrogen-bond acceptors (Lipinski definition) is 6. The standard InChI is InChI=1S/C5H3N3O3Si/c1-2-12(6-3-9,7-4-10)8-5-11/h2H,1H2. The summed E-state index contributed by atoms with van der Waals surface area (Å²) >= 11 is 0. The molecule has 0 aliphatic heterocycles. The fourth-order valence-corrected chi connectivity index (χ4v) is 1.24. The van der Waals surface area contributed by atoms with Crippen molar-refractivity contribution in [3.63, 3.8) is 0 Å². The van der Waals surface area contributed by atoms with Gasteiger partial charge in [-0.2, -0.15) is 14.0 Å². The van der Waals surface area contributed by atoms with E-state index in [1.165, 1.54) is 0 Å². The fourth-order valence-electron chi connectivity index (χ4n) is 0.413. The van der Waals surface area contributed by atoms with Gasteiger partial charge in [-0.3, -0.25) is 0 Å². The minimum absolute atomic E-state index is 1.05. The second-order valence-electron chi connectivity index (χ2n) is 1.50. The summed E-state index contributed by atoms with van der Waals surface area (Å²) in [5.41, 5.74) is 1.05. The molecule has 0 saturated carbocycles. The first-order valence-electron chi connectivity index (χ1n) is 2.65. The average molecular weight is 181 g/mol. The summed E-state index contributed by atoms with van der Waals surface area (Å²) in [6.45, 7) is 3.23. The zero-order chi connectivity index (χ0) is 9.45. The second kappa shape index (κ2) is 4.84. The van der Waals surface area contributed by atoms with E-state index in [4.69, 9.17) is 0 Å². The minimum atomic E-state index is -3.40. The third kappa shape index (κ3) is 2.38. The Hall–Kier alpha value is -1.90. The molecule has 0 aliphatic carbocycles. The average Bonchev–Trinajstić information content (AvgIpc) is 2.06. The molecule has 7 heteroatoms. The SMILES string of the molecule is C=C[Si](N=C=O)(N=C=O)N=C=O. The summed E-state index contributed by atoms with van der Waals surface area (Å²) in [6, 6.07) is 0. The largest absolute Gasteiger partial charge is 0.493 e. The Morgan fingerprint density at radius 3 is 1.50 bits per heavy atom. The van der Waals surface area contributed by atoms with Gasteiger partial charge in [-0.05, 0) is 5.70 Å². The summed E-state index contributed by atoms with van der Waals surface area (Å²) in [5, 5.41) is 0. The zero-order valence-corrected chi connectivity index (χ0v) is 6.85. The molecule has 60 valence electrons. The van der Waals surface area contributed by atoms with Gasteiger partial charge in [-0.15, -0.1) is 6.58 Å². The molecule has 0 bridgehead atoms. The zero-order valence-electron chi connectivity index (χ0n) is 5.85. The Balaban J connectivity index is 5.28. The van der Waals surface area contributed by atoms with Crippen molar-refractivity contribution in [2.75, 3.05) is 0 Å². The van der Waals surface area contributed by atoms with Crippen LogP contribution in [0.1, 0.15) is 0 Å². The molecule has 0 saturated heterocycles. The van der Waals surface area contributed by atoms with Crippen LogP contribution in [0.4, 0.5) is 0 Å². The molecule has 0 aliphatic rings. The van der Waals surface area contributed by atoms with E-state index in [2.05, 4.69) is 20.6 Å². The normalized spacial score (nSPS) is 12.3. The molecule has 0 fully saturated rings. The molecule has 6 nitrogen and oxygen atoms in total. The van der Waals surface area contributed by atoms with E-state index < -0.39 is 8.56 Å². The van der Waals surface area contributed by atoms with Crippen LogP contribution in [0.15, 0.2) is 26.3 Å². The van der Waals surface area contributed by atoms with Gasteiger partial charge in [0.05, 0.1) is 0 Å². The Bertz CT molecular complexity index is 275. The molecule has 0 radical (unpaired) electrons. The van der Waals surface area contributed by atoms with Crippen LogP contribution in [0, 0.1) is 0 Å². The van der Waals surface area contributed by atoms with Crippen LogP contribution in [-0.4, -0.2) is 26.8 Å². The van der Waals surface area contributed by atoms with Crippen LogP contribution < -0.4 is 0 Å². The molecule has 12 heavy (non-hydrogen) atoms. The number of nitrogens with zero attached hydrogens (tertiary/aromatic N) is 3. The van der Waals surface area contributed by atoms with Crippen LogP contribution in [0.25, 0.3) is 0 Å². The van der Waals surface area contributed by atoms with Crippen LogP contribution in [-0.2, 0) is 14.4 Å². The van der Waals surface area contributed by atoms with Crippen molar-refractivity contribution in [1.82, 2.24) is 0 Å². The highest BCUT2D eigenvalue weighted by atomic mass is 28.4. The predicted octanol–water partition coefficient (Wildman–Crippen LogP) is -0.342. The van der Waals surface area contributed by atoms with E-state index in [0.717, 1.165) is 23.9 Å². The smallest absolute Gasteiger partial charge is 0.212 e. The van der Waals surface area contributed by atoms with Gasteiger partial charge >= 0.3 is 8.56 Å². The van der Waals surface area contributed by atoms with E-state index in [1.54, 1.807) is 0 Å². The molecular formula is C5H3N3O3Si. The van der Waals surface area contributed by atoms with Crippen molar-refractivity contribution in [3.05, 3.63) is 12.3 Å². The summed E-state index contributed by atoms with van der Waals surface area (Å²) in [7, 11) is -3.40. The van der Waals surface area contributed by atoms with Crippen molar-refractivity contribution < 1.29 is 14.4 Å². The van der Waals surface area contributed by atoms with E-state index >= 15 is 0 Å². The third-order valence-electron chi connectivity index (χ3n) is 0.904. The topological polar surface area (TPSA) is 88.3 Å². The van der Waals surface area contributed by atoms with Crippen LogP contribution in [0.2, 0.25) is 0 Å². The van der Waals surface area contributed by atoms with Gasteiger partial charge in [0.15, 0.2) is 0 Å². The number of hydrogen-bond donors (Lipinski definition) is 0. The molecule has 0 unspecified atom stereocenters. The minimum Gasteiger partial charge on any atom is -0.212 e. The lowest BCUT2D eigenvalue weighted by Gasteiger charge is -2.01. The van der Waals surface area contributed by atoms with Gasteiger partial charge in [0.1, 0.15) is 0 Å². The third-order valence-corrected chi connectivity index (χ3v) is 2.71. The fraction of sp³-hybridized carbons (Fsp3) is 0. The number of isocyanates is 3. The molecule has 0 aromatic carbocycles. The monoisotopic (exact) mass is 181 g/mol. The van der Waals surface area contributed by atoms with Crippen LogP contribution in [0.5, 0.6) is 0 Å². The lowest BCUT2D eigenvalue weighted by atomic mass is 11.3. The first-order valence-corrected chi connectivity index (χ1v) is 4.57. The van der Waals surface area contributed by atoms with E-state index in [9.17, 15) is 14.4 Å². The lowest BCUT2D eigenvalue weighted by molar-refractivity contribution is 0.565. The first kappa shape index (κ1) is 10.1. The van der Waals surface area contributed by atoms with E-state index in [1.807, 2.05) is 0 Å².